The summed E-state index contributed by atoms with van der Waals surface area (Å²) in [6.07, 6.45) is 3.82. The van der Waals surface area contributed by atoms with E-state index < -0.39 is 0 Å². The minimum absolute atomic E-state index is 0.135. The van der Waals surface area contributed by atoms with E-state index in [2.05, 4.69) is 44.1 Å². The molecule has 1 aromatic carbocycles. The molecule has 0 N–H and O–H groups in total. The van der Waals surface area contributed by atoms with Crippen molar-refractivity contribution in [1.29, 1.82) is 0 Å². The highest BCUT2D eigenvalue weighted by Gasteiger charge is 2.25. The van der Waals surface area contributed by atoms with Gasteiger partial charge in [-0.2, -0.15) is 0 Å². The number of rotatable bonds is 4. The van der Waals surface area contributed by atoms with Crippen LogP contribution in [0.1, 0.15) is 19.8 Å². The molecule has 1 saturated heterocycles. The van der Waals surface area contributed by atoms with E-state index in [0.29, 0.717) is 0 Å². The summed E-state index contributed by atoms with van der Waals surface area (Å²) < 4.78 is 2.11. The lowest BCUT2D eigenvalue weighted by molar-refractivity contribution is -0.129. The molecule has 0 saturated carbocycles. The van der Waals surface area contributed by atoms with E-state index in [1.54, 1.807) is 17.7 Å². The molecule has 0 spiro atoms. The Hall–Kier alpha value is -1.44. The van der Waals surface area contributed by atoms with Crippen LogP contribution in [0.5, 0.6) is 0 Å². The second-order valence-corrected chi connectivity index (χ2v) is 9.60. The van der Waals surface area contributed by atoms with Crippen LogP contribution in [0.25, 0.3) is 20.7 Å². The molecule has 3 heterocycles. The molecule has 26 heavy (non-hydrogen) atoms. The molecule has 0 aliphatic carbocycles. The van der Waals surface area contributed by atoms with Gasteiger partial charge in [0.2, 0.25) is 5.91 Å². The van der Waals surface area contributed by atoms with Gasteiger partial charge in [-0.15, -0.1) is 11.3 Å². The third-order valence-electron chi connectivity index (χ3n) is 4.46. The Morgan fingerprint density at radius 3 is 2.69 bits per heavy atom. The predicted molar refractivity (Wildman–Crippen MR) is 112 cm³/mol. The van der Waals surface area contributed by atoms with Crippen LogP contribution >= 0.6 is 39.0 Å². The molecule has 1 aliphatic heterocycles. The number of nitrogens with zero attached hydrogens (tertiary/aromatic N) is 3. The van der Waals surface area contributed by atoms with Gasteiger partial charge in [0, 0.05) is 22.4 Å². The van der Waals surface area contributed by atoms with Gasteiger partial charge in [0.25, 0.3) is 0 Å². The summed E-state index contributed by atoms with van der Waals surface area (Å²) in [6.45, 7) is 3.74. The number of carbonyl (C=O) groups is 1. The van der Waals surface area contributed by atoms with E-state index in [9.17, 15) is 4.79 Å². The van der Waals surface area contributed by atoms with Crippen LogP contribution in [0, 0.1) is 0 Å². The summed E-state index contributed by atoms with van der Waals surface area (Å²) in [6, 6.07) is 10.4. The van der Waals surface area contributed by atoms with Crippen molar-refractivity contribution < 1.29 is 4.79 Å². The SMILES string of the molecule is C[C@H](Sc1ncnc2cc(-c3ccc(Br)cc3)sc12)C(=O)N1CCCC1. The molecule has 2 aromatic heterocycles. The van der Waals surface area contributed by atoms with Crippen molar-refractivity contribution in [2.45, 2.75) is 30.0 Å². The third kappa shape index (κ3) is 3.66. The van der Waals surface area contributed by atoms with Crippen LogP contribution < -0.4 is 0 Å². The Morgan fingerprint density at radius 1 is 1.23 bits per heavy atom. The van der Waals surface area contributed by atoms with E-state index in [-0.39, 0.29) is 11.2 Å². The molecule has 3 aromatic rings. The highest BCUT2D eigenvalue weighted by atomic mass is 79.9. The Labute approximate surface area is 169 Å². The number of carbonyl (C=O) groups excluding carboxylic acids is 1. The van der Waals surface area contributed by atoms with E-state index >= 15 is 0 Å². The number of fused-ring (bicyclic) bond motifs is 1. The quantitative estimate of drug-likeness (QED) is 0.405. The van der Waals surface area contributed by atoms with Gasteiger partial charge in [0.05, 0.1) is 15.5 Å². The van der Waals surface area contributed by atoms with E-state index in [1.165, 1.54) is 11.8 Å². The maximum Gasteiger partial charge on any atom is 0.235 e. The molecule has 134 valence electrons. The van der Waals surface area contributed by atoms with Crippen molar-refractivity contribution in [3.8, 4) is 10.4 Å². The summed E-state index contributed by atoms with van der Waals surface area (Å²) in [5.74, 6) is 0.212. The number of benzene rings is 1. The maximum atomic E-state index is 12.6. The van der Waals surface area contributed by atoms with Crippen LogP contribution in [-0.2, 0) is 4.79 Å². The number of likely N-dealkylation sites (tertiary alicyclic amines) is 1. The van der Waals surface area contributed by atoms with Crippen molar-refractivity contribution >= 4 is 55.2 Å². The molecule has 4 nitrogen and oxygen atoms in total. The van der Waals surface area contributed by atoms with Crippen LogP contribution in [0.4, 0.5) is 0 Å². The fraction of sp³-hybridized carbons (Fsp3) is 0.316. The van der Waals surface area contributed by atoms with Gasteiger partial charge < -0.3 is 4.90 Å². The van der Waals surface area contributed by atoms with Gasteiger partial charge in [-0.3, -0.25) is 4.79 Å². The first-order valence-corrected chi connectivity index (χ1v) is 11.1. The number of thiophene rings is 1. The second kappa shape index (κ2) is 7.66. The molecule has 0 radical (unpaired) electrons. The highest BCUT2D eigenvalue weighted by Crippen LogP contribution is 2.38. The molecule has 1 aliphatic rings. The molecule has 4 rings (SSSR count). The molecule has 7 heteroatoms. The van der Waals surface area contributed by atoms with E-state index in [1.807, 2.05) is 24.0 Å². The van der Waals surface area contributed by atoms with Gasteiger partial charge in [0.1, 0.15) is 11.4 Å². The van der Waals surface area contributed by atoms with Gasteiger partial charge in [-0.05, 0) is 43.5 Å². The zero-order chi connectivity index (χ0) is 18.1. The van der Waals surface area contributed by atoms with Gasteiger partial charge in [-0.1, -0.05) is 39.8 Å². The molecular weight excluding hydrogens is 430 g/mol. The minimum Gasteiger partial charge on any atom is -0.342 e. The molecule has 1 amide bonds. The first-order chi connectivity index (χ1) is 12.6. The maximum absolute atomic E-state index is 12.6. The molecular formula is C19H18BrN3OS2. The van der Waals surface area contributed by atoms with Gasteiger partial charge in [0.15, 0.2) is 0 Å². The lowest BCUT2D eigenvalue weighted by Gasteiger charge is -2.19. The predicted octanol–water partition coefficient (Wildman–Crippen LogP) is 5.22. The average molecular weight is 448 g/mol. The number of hydrogen-bond acceptors (Lipinski definition) is 5. The molecule has 1 atom stereocenters. The van der Waals surface area contributed by atoms with Crippen molar-refractivity contribution in [1.82, 2.24) is 14.9 Å². The third-order valence-corrected chi connectivity index (χ3v) is 7.39. The molecule has 0 unspecified atom stereocenters. The average Bonchev–Trinajstić information content (AvgIpc) is 3.32. The zero-order valence-electron chi connectivity index (χ0n) is 14.3. The number of aromatic nitrogens is 2. The Kier molecular flexibility index (Phi) is 5.29. The first-order valence-electron chi connectivity index (χ1n) is 8.58. The minimum atomic E-state index is -0.135. The summed E-state index contributed by atoms with van der Waals surface area (Å²) in [4.78, 5) is 24.6. The number of amides is 1. The monoisotopic (exact) mass is 447 g/mol. The van der Waals surface area contributed by atoms with Crippen molar-refractivity contribution in [2.75, 3.05) is 13.1 Å². The van der Waals surface area contributed by atoms with Crippen LogP contribution in [0.2, 0.25) is 0 Å². The zero-order valence-corrected chi connectivity index (χ0v) is 17.5. The van der Waals surface area contributed by atoms with Crippen molar-refractivity contribution in [3.05, 3.63) is 41.1 Å². The summed E-state index contributed by atoms with van der Waals surface area (Å²) >= 11 is 6.70. The normalized spacial score (nSPS) is 15.5. The van der Waals surface area contributed by atoms with E-state index in [0.717, 1.165) is 56.1 Å². The van der Waals surface area contributed by atoms with Crippen LogP contribution in [-0.4, -0.2) is 39.1 Å². The first kappa shape index (κ1) is 17.9. The summed E-state index contributed by atoms with van der Waals surface area (Å²) in [5.41, 5.74) is 2.10. The molecule has 1 fully saturated rings. The number of hydrogen-bond donors (Lipinski definition) is 0. The smallest absolute Gasteiger partial charge is 0.235 e. The Bertz CT molecular complexity index is 936. The van der Waals surface area contributed by atoms with Crippen molar-refractivity contribution in [2.24, 2.45) is 0 Å². The van der Waals surface area contributed by atoms with Crippen LogP contribution in [0.15, 0.2) is 46.2 Å². The van der Waals surface area contributed by atoms with Gasteiger partial charge in [-0.25, -0.2) is 9.97 Å². The lowest BCUT2D eigenvalue weighted by atomic mass is 10.2. The fourth-order valence-corrected chi connectivity index (χ4v) is 5.52. The van der Waals surface area contributed by atoms with Gasteiger partial charge >= 0.3 is 0 Å². The standard InChI is InChI=1S/C19H18BrN3OS2/c1-12(19(24)23-8-2-3-9-23)25-18-17-15(21-11-22-18)10-16(26-17)13-4-6-14(20)7-5-13/h4-7,10-12H,2-3,8-9H2,1H3/t12-/m0/s1. The number of thioether (sulfide) groups is 1. The highest BCUT2D eigenvalue weighted by molar-refractivity contribution is 9.10. The Balaban J connectivity index is 1.61. The summed E-state index contributed by atoms with van der Waals surface area (Å²) in [5, 5.41) is 0.757. The fourth-order valence-electron chi connectivity index (χ4n) is 3.09. The van der Waals surface area contributed by atoms with Crippen molar-refractivity contribution in [3.63, 3.8) is 0 Å². The Morgan fingerprint density at radius 2 is 1.96 bits per heavy atom. The second-order valence-electron chi connectivity index (χ2n) is 6.30. The number of halogens is 1. The van der Waals surface area contributed by atoms with E-state index in [4.69, 9.17) is 0 Å². The molecule has 0 bridgehead atoms. The summed E-state index contributed by atoms with van der Waals surface area (Å²) in [7, 11) is 0. The topological polar surface area (TPSA) is 46.1 Å². The van der Waals surface area contributed by atoms with Crippen LogP contribution in [0.3, 0.4) is 0 Å². The largest absolute Gasteiger partial charge is 0.342 e. The lowest BCUT2D eigenvalue weighted by Crippen LogP contribution is -2.34.